The molecule has 0 spiro atoms. The Kier molecular flexibility index (Phi) is 4.19. The molecule has 0 aromatic carbocycles. The minimum Gasteiger partial charge on any atom is -0.301 e. The maximum absolute atomic E-state index is 3.44. The van der Waals surface area contributed by atoms with Gasteiger partial charge in [-0.25, -0.2) is 0 Å². The quantitative estimate of drug-likeness (QED) is 0.453. The van der Waals surface area contributed by atoms with Gasteiger partial charge in [0.2, 0.25) is 0 Å². The van der Waals surface area contributed by atoms with E-state index in [4.69, 9.17) is 0 Å². The van der Waals surface area contributed by atoms with E-state index in [1.54, 1.807) is 0 Å². The Bertz CT molecular complexity index is 132. The summed E-state index contributed by atoms with van der Waals surface area (Å²) < 4.78 is 0. The fourth-order valence-electron chi connectivity index (χ4n) is 2.24. The zero-order chi connectivity index (χ0) is 9.64. The van der Waals surface area contributed by atoms with Crippen LogP contribution in [0.4, 0.5) is 0 Å². The lowest BCUT2D eigenvalue weighted by atomic mass is 10.1. The minimum absolute atomic E-state index is 0.583. The Morgan fingerprint density at radius 1 is 0.643 bits per heavy atom. The molecule has 2 fully saturated rings. The second-order valence-electron chi connectivity index (χ2n) is 4.21. The Balaban J connectivity index is 1.46. The van der Waals surface area contributed by atoms with E-state index in [9.17, 15) is 0 Å². The largest absolute Gasteiger partial charge is 0.301 e. The molecule has 2 heterocycles. The first-order valence-electron chi connectivity index (χ1n) is 5.89. The standard InChI is InChI=1S/C10H22N4/c1(3-9-11-5-6-12-9)2-4-10-13-7-8-14-10/h9-14H,1-8H2. The van der Waals surface area contributed by atoms with Crippen LogP contribution in [-0.2, 0) is 0 Å². The molecular formula is C10H22N4. The van der Waals surface area contributed by atoms with Crippen LogP contribution in [0.15, 0.2) is 0 Å². The third-order valence-corrected chi connectivity index (χ3v) is 3.05. The van der Waals surface area contributed by atoms with Crippen molar-refractivity contribution < 1.29 is 0 Å². The molecule has 4 N–H and O–H groups in total. The zero-order valence-electron chi connectivity index (χ0n) is 8.81. The maximum Gasteiger partial charge on any atom is 0.0572 e. The van der Waals surface area contributed by atoms with E-state index in [1.807, 2.05) is 0 Å². The van der Waals surface area contributed by atoms with Gasteiger partial charge in [-0.1, -0.05) is 12.8 Å². The van der Waals surface area contributed by atoms with Crippen LogP contribution < -0.4 is 21.3 Å². The summed E-state index contributed by atoms with van der Waals surface area (Å²) in [6, 6.07) is 0. The van der Waals surface area contributed by atoms with Crippen LogP contribution in [-0.4, -0.2) is 38.5 Å². The van der Waals surface area contributed by atoms with Crippen molar-refractivity contribution in [1.82, 2.24) is 21.3 Å². The summed E-state index contributed by atoms with van der Waals surface area (Å²) >= 11 is 0. The molecule has 4 nitrogen and oxygen atoms in total. The summed E-state index contributed by atoms with van der Waals surface area (Å²) in [7, 11) is 0. The van der Waals surface area contributed by atoms with E-state index in [0.29, 0.717) is 12.3 Å². The molecule has 0 aliphatic carbocycles. The summed E-state index contributed by atoms with van der Waals surface area (Å²) in [5.41, 5.74) is 0. The monoisotopic (exact) mass is 198 g/mol. The predicted octanol–water partition coefficient (Wildman–Crippen LogP) is -0.415. The highest BCUT2D eigenvalue weighted by atomic mass is 15.2. The SMILES string of the molecule is C(CCC1NCCN1)CC1NCCN1. The fraction of sp³-hybridized carbons (Fsp3) is 1.00. The third kappa shape index (κ3) is 3.20. The number of rotatable bonds is 5. The average molecular weight is 198 g/mol. The summed E-state index contributed by atoms with van der Waals surface area (Å²) in [6.07, 6.45) is 6.35. The van der Waals surface area contributed by atoms with Crippen LogP contribution in [0.5, 0.6) is 0 Å². The molecule has 2 aliphatic heterocycles. The molecule has 2 aliphatic rings. The predicted molar refractivity (Wildman–Crippen MR) is 58.1 cm³/mol. The van der Waals surface area contributed by atoms with Crippen molar-refractivity contribution in [2.24, 2.45) is 0 Å². The lowest BCUT2D eigenvalue weighted by Crippen LogP contribution is -2.32. The lowest BCUT2D eigenvalue weighted by Gasteiger charge is -2.12. The van der Waals surface area contributed by atoms with Crippen molar-refractivity contribution in [3.63, 3.8) is 0 Å². The fourth-order valence-corrected chi connectivity index (χ4v) is 2.24. The molecule has 0 bridgehead atoms. The van der Waals surface area contributed by atoms with Gasteiger partial charge < -0.3 is 21.3 Å². The number of hydrogen-bond acceptors (Lipinski definition) is 4. The molecule has 14 heavy (non-hydrogen) atoms. The lowest BCUT2D eigenvalue weighted by molar-refractivity contribution is 0.442. The van der Waals surface area contributed by atoms with E-state index in [-0.39, 0.29) is 0 Å². The normalized spacial score (nSPS) is 24.9. The van der Waals surface area contributed by atoms with Crippen molar-refractivity contribution in [2.45, 2.75) is 38.0 Å². The molecule has 0 unspecified atom stereocenters. The van der Waals surface area contributed by atoms with Crippen LogP contribution >= 0.6 is 0 Å². The molecule has 0 atom stereocenters. The topological polar surface area (TPSA) is 48.1 Å². The Morgan fingerprint density at radius 3 is 1.36 bits per heavy atom. The van der Waals surface area contributed by atoms with Crippen LogP contribution in [0.2, 0.25) is 0 Å². The molecule has 2 saturated heterocycles. The van der Waals surface area contributed by atoms with Gasteiger partial charge >= 0.3 is 0 Å². The van der Waals surface area contributed by atoms with E-state index >= 15 is 0 Å². The summed E-state index contributed by atoms with van der Waals surface area (Å²) in [5.74, 6) is 0. The van der Waals surface area contributed by atoms with Crippen molar-refractivity contribution in [1.29, 1.82) is 0 Å². The van der Waals surface area contributed by atoms with Gasteiger partial charge in [-0.2, -0.15) is 0 Å². The Morgan fingerprint density at radius 2 is 1.00 bits per heavy atom. The van der Waals surface area contributed by atoms with Crippen molar-refractivity contribution in [2.75, 3.05) is 26.2 Å². The molecule has 0 radical (unpaired) electrons. The van der Waals surface area contributed by atoms with Crippen LogP contribution in [0.1, 0.15) is 25.7 Å². The van der Waals surface area contributed by atoms with E-state index in [2.05, 4.69) is 21.3 Å². The Labute approximate surface area is 86.2 Å². The highest BCUT2D eigenvalue weighted by Gasteiger charge is 2.14. The van der Waals surface area contributed by atoms with Gasteiger partial charge in [0.25, 0.3) is 0 Å². The van der Waals surface area contributed by atoms with Gasteiger partial charge in [-0.3, -0.25) is 0 Å². The third-order valence-electron chi connectivity index (χ3n) is 3.05. The number of hydrogen-bond donors (Lipinski definition) is 4. The van der Waals surface area contributed by atoms with Crippen molar-refractivity contribution in [3.8, 4) is 0 Å². The smallest absolute Gasteiger partial charge is 0.0572 e. The van der Waals surface area contributed by atoms with Gasteiger partial charge in [0.1, 0.15) is 0 Å². The van der Waals surface area contributed by atoms with Crippen LogP contribution in [0.25, 0.3) is 0 Å². The first kappa shape index (κ1) is 10.4. The van der Waals surface area contributed by atoms with E-state index < -0.39 is 0 Å². The first-order chi connectivity index (χ1) is 6.95. The highest BCUT2D eigenvalue weighted by molar-refractivity contribution is 4.74. The minimum atomic E-state index is 0.583. The van der Waals surface area contributed by atoms with E-state index in [1.165, 1.54) is 25.7 Å². The highest BCUT2D eigenvalue weighted by Crippen LogP contribution is 2.06. The molecule has 0 amide bonds. The number of unbranched alkanes of at least 4 members (excludes halogenated alkanes) is 1. The van der Waals surface area contributed by atoms with E-state index in [0.717, 1.165) is 26.2 Å². The van der Waals surface area contributed by atoms with Crippen molar-refractivity contribution >= 4 is 0 Å². The van der Waals surface area contributed by atoms with Crippen molar-refractivity contribution in [3.05, 3.63) is 0 Å². The molecule has 82 valence electrons. The molecule has 2 rings (SSSR count). The maximum atomic E-state index is 3.44. The second kappa shape index (κ2) is 5.66. The van der Waals surface area contributed by atoms with Gasteiger partial charge in [-0.15, -0.1) is 0 Å². The van der Waals surface area contributed by atoms with Crippen LogP contribution in [0.3, 0.4) is 0 Å². The number of nitrogens with one attached hydrogen (secondary N) is 4. The summed E-state index contributed by atoms with van der Waals surface area (Å²) in [6.45, 7) is 4.54. The van der Waals surface area contributed by atoms with Gasteiger partial charge in [0.05, 0.1) is 12.3 Å². The first-order valence-corrected chi connectivity index (χ1v) is 5.89. The molecule has 0 aromatic rings. The molecular weight excluding hydrogens is 176 g/mol. The zero-order valence-corrected chi connectivity index (χ0v) is 8.81. The van der Waals surface area contributed by atoms with Gasteiger partial charge in [0.15, 0.2) is 0 Å². The molecule has 0 saturated carbocycles. The summed E-state index contributed by atoms with van der Waals surface area (Å²) in [4.78, 5) is 0. The van der Waals surface area contributed by atoms with Crippen LogP contribution in [0, 0.1) is 0 Å². The van der Waals surface area contributed by atoms with Gasteiger partial charge in [0, 0.05) is 26.2 Å². The molecule has 0 aromatic heterocycles. The second-order valence-corrected chi connectivity index (χ2v) is 4.21. The molecule has 4 heteroatoms. The average Bonchev–Trinajstić information content (AvgIpc) is 2.86. The Hall–Kier alpha value is -0.160. The van der Waals surface area contributed by atoms with Gasteiger partial charge in [-0.05, 0) is 12.8 Å². The summed E-state index contributed by atoms with van der Waals surface area (Å²) in [5, 5.41) is 13.8.